The molecule has 0 rings (SSSR count). The Balaban J connectivity index is 4.57. The molecule has 16 heavy (non-hydrogen) atoms. The summed E-state index contributed by atoms with van der Waals surface area (Å²) >= 11 is 0. The van der Waals surface area contributed by atoms with Gasteiger partial charge in [0.1, 0.15) is 0 Å². The molecule has 2 nitrogen and oxygen atoms in total. The van der Waals surface area contributed by atoms with Crippen LogP contribution in [-0.2, 0) is 9.53 Å². The quantitative estimate of drug-likeness (QED) is 0.645. The first kappa shape index (κ1) is 15.5. The van der Waals surface area contributed by atoms with Crippen LogP contribution in [0, 0.1) is 23.2 Å². The van der Waals surface area contributed by atoms with E-state index >= 15 is 0 Å². The first-order valence-electron chi connectivity index (χ1n) is 6.37. The molecule has 0 bridgehead atoms. The second kappa shape index (κ2) is 6.27. The van der Waals surface area contributed by atoms with E-state index < -0.39 is 0 Å². The van der Waals surface area contributed by atoms with Gasteiger partial charge in [0, 0.05) is 0 Å². The summed E-state index contributed by atoms with van der Waals surface area (Å²) in [5, 5.41) is 0. The third-order valence-electron chi connectivity index (χ3n) is 3.12. The molecule has 0 aromatic heterocycles. The Hall–Kier alpha value is -0.530. The summed E-state index contributed by atoms with van der Waals surface area (Å²) in [6, 6.07) is 0. The molecule has 0 spiro atoms. The maximum atomic E-state index is 12.1. The molecule has 96 valence electrons. The normalized spacial score (nSPS) is 15.6. The Labute approximate surface area is 101 Å². The highest BCUT2D eigenvalue weighted by Crippen LogP contribution is 2.35. The summed E-state index contributed by atoms with van der Waals surface area (Å²) < 4.78 is 5.39. The molecule has 0 aromatic carbocycles. The largest absolute Gasteiger partial charge is 0.465 e. The summed E-state index contributed by atoms with van der Waals surface area (Å²) in [5.74, 6) is 1.19. The topological polar surface area (TPSA) is 26.3 Å². The van der Waals surface area contributed by atoms with Gasteiger partial charge in [-0.1, -0.05) is 41.5 Å². The maximum absolute atomic E-state index is 12.1. The molecule has 0 amide bonds. The summed E-state index contributed by atoms with van der Waals surface area (Å²) in [6.45, 7) is 15.2. The van der Waals surface area contributed by atoms with Crippen LogP contribution in [0.4, 0.5) is 0 Å². The van der Waals surface area contributed by atoms with Crippen molar-refractivity contribution in [3.8, 4) is 0 Å². The molecule has 0 aromatic rings. The SMILES string of the molecule is CC(C)COC(=O)C(C)(CC(C)C)C(C)C. The molecule has 0 heterocycles. The van der Waals surface area contributed by atoms with Crippen molar-refractivity contribution in [2.24, 2.45) is 23.2 Å². The zero-order valence-corrected chi connectivity index (χ0v) is 12.0. The third-order valence-corrected chi connectivity index (χ3v) is 3.12. The van der Waals surface area contributed by atoms with Gasteiger partial charge in [-0.2, -0.15) is 0 Å². The van der Waals surface area contributed by atoms with Crippen molar-refractivity contribution in [2.45, 2.75) is 54.9 Å². The lowest BCUT2D eigenvalue weighted by molar-refractivity contribution is -0.160. The van der Waals surface area contributed by atoms with Gasteiger partial charge in [-0.25, -0.2) is 0 Å². The van der Waals surface area contributed by atoms with E-state index in [1.54, 1.807) is 0 Å². The molecule has 1 atom stereocenters. The van der Waals surface area contributed by atoms with E-state index in [0.29, 0.717) is 24.4 Å². The number of carbonyl (C=O) groups is 1. The van der Waals surface area contributed by atoms with Crippen LogP contribution in [0.2, 0.25) is 0 Å². The van der Waals surface area contributed by atoms with Crippen LogP contribution in [0.25, 0.3) is 0 Å². The van der Waals surface area contributed by atoms with Crippen LogP contribution in [0.5, 0.6) is 0 Å². The van der Waals surface area contributed by atoms with Crippen LogP contribution in [0.15, 0.2) is 0 Å². The van der Waals surface area contributed by atoms with Crippen molar-refractivity contribution >= 4 is 5.97 Å². The number of hydrogen-bond acceptors (Lipinski definition) is 2. The van der Waals surface area contributed by atoms with Crippen molar-refractivity contribution < 1.29 is 9.53 Å². The van der Waals surface area contributed by atoms with Gasteiger partial charge in [0.15, 0.2) is 0 Å². The Bertz CT molecular complexity index is 219. The van der Waals surface area contributed by atoms with E-state index in [1.807, 2.05) is 6.92 Å². The first-order chi connectivity index (χ1) is 7.20. The highest BCUT2D eigenvalue weighted by molar-refractivity contribution is 5.76. The summed E-state index contributed by atoms with van der Waals surface area (Å²) in [7, 11) is 0. The first-order valence-corrected chi connectivity index (χ1v) is 6.37. The van der Waals surface area contributed by atoms with Crippen molar-refractivity contribution in [3.05, 3.63) is 0 Å². The second-order valence-corrected chi connectivity index (χ2v) is 6.16. The number of ether oxygens (including phenoxy) is 1. The summed E-state index contributed by atoms with van der Waals surface area (Å²) in [6.07, 6.45) is 0.890. The zero-order valence-electron chi connectivity index (χ0n) is 12.0. The molecule has 0 aliphatic heterocycles. The van der Waals surface area contributed by atoms with Crippen molar-refractivity contribution in [1.82, 2.24) is 0 Å². The average Bonchev–Trinajstić information content (AvgIpc) is 2.12. The Kier molecular flexibility index (Phi) is 6.06. The van der Waals surface area contributed by atoms with E-state index in [4.69, 9.17) is 4.74 Å². The van der Waals surface area contributed by atoms with Gasteiger partial charge >= 0.3 is 5.97 Å². The van der Waals surface area contributed by atoms with E-state index in [0.717, 1.165) is 6.42 Å². The lowest BCUT2D eigenvalue weighted by Crippen LogP contribution is -2.37. The van der Waals surface area contributed by atoms with Gasteiger partial charge < -0.3 is 4.74 Å². The molecule has 0 aliphatic carbocycles. The van der Waals surface area contributed by atoms with Gasteiger partial charge in [-0.05, 0) is 31.1 Å². The van der Waals surface area contributed by atoms with Gasteiger partial charge in [0.2, 0.25) is 0 Å². The number of esters is 1. The predicted molar refractivity (Wildman–Crippen MR) is 68.2 cm³/mol. The zero-order chi connectivity index (χ0) is 12.9. The van der Waals surface area contributed by atoms with E-state index in [1.165, 1.54) is 0 Å². The fourth-order valence-corrected chi connectivity index (χ4v) is 1.81. The molecule has 1 unspecified atom stereocenters. The molecular formula is C14H28O2. The van der Waals surface area contributed by atoms with Gasteiger partial charge in [0.25, 0.3) is 0 Å². The molecular weight excluding hydrogens is 200 g/mol. The summed E-state index contributed by atoms with van der Waals surface area (Å²) in [5.41, 5.74) is -0.344. The Morgan fingerprint density at radius 3 is 1.88 bits per heavy atom. The van der Waals surface area contributed by atoms with Gasteiger partial charge in [0.05, 0.1) is 12.0 Å². The molecule has 0 aliphatic rings. The van der Waals surface area contributed by atoms with Crippen LogP contribution in [0.1, 0.15) is 54.9 Å². The second-order valence-electron chi connectivity index (χ2n) is 6.16. The fraction of sp³-hybridized carbons (Fsp3) is 0.929. The highest BCUT2D eigenvalue weighted by Gasteiger charge is 2.38. The minimum Gasteiger partial charge on any atom is -0.465 e. The van der Waals surface area contributed by atoms with Crippen molar-refractivity contribution in [2.75, 3.05) is 6.61 Å². The van der Waals surface area contributed by atoms with Crippen molar-refractivity contribution in [3.63, 3.8) is 0 Å². The highest BCUT2D eigenvalue weighted by atomic mass is 16.5. The van der Waals surface area contributed by atoms with Gasteiger partial charge in [-0.15, -0.1) is 0 Å². The van der Waals surface area contributed by atoms with Crippen molar-refractivity contribution in [1.29, 1.82) is 0 Å². The van der Waals surface area contributed by atoms with E-state index in [9.17, 15) is 4.79 Å². The number of rotatable bonds is 6. The molecule has 0 radical (unpaired) electrons. The van der Waals surface area contributed by atoms with Crippen LogP contribution < -0.4 is 0 Å². The van der Waals surface area contributed by atoms with Crippen LogP contribution in [-0.4, -0.2) is 12.6 Å². The maximum Gasteiger partial charge on any atom is 0.312 e. The fourth-order valence-electron chi connectivity index (χ4n) is 1.81. The average molecular weight is 228 g/mol. The predicted octanol–water partition coefficient (Wildman–Crippen LogP) is 3.89. The molecule has 2 heteroatoms. The summed E-state index contributed by atoms with van der Waals surface area (Å²) in [4.78, 5) is 12.1. The molecule has 0 saturated heterocycles. The van der Waals surface area contributed by atoms with Crippen LogP contribution in [0.3, 0.4) is 0 Å². The van der Waals surface area contributed by atoms with E-state index in [-0.39, 0.29) is 11.4 Å². The Morgan fingerprint density at radius 1 is 1.06 bits per heavy atom. The van der Waals surface area contributed by atoms with Crippen LogP contribution >= 0.6 is 0 Å². The molecule has 0 saturated carbocycles. The Morgan fingerprint density at radius 2 is 1.56 bits per heavy atom. The van der Waals surface area contributed by atoms with Gasteiger partial charge in [-0.3, -0.25) is 4.79 Å². The smallest absolute Gasteiger partial charge is 0.312 e. The molecule has 0 fully saturated rings. The third kappa shape index (κ3) is 4.54. The number of carbonyl (C=O) groups excluding carboxylic acids is 1. The standard InChI is InChI=1S/C14H28O2/c1-10(2)8-14(7,12(5)6)13(15)16-9-11(3)4/h10-12H,8-9H2,1-7H3. The minimum absolute atomic E-state index is 0.0371. The molecule has 0 N–H and O–H groups in total. The monoisotopic (exact) mass is 228 g/mol. The number of hydrogen-bond donors (Lipinski definition) is 0. The van der Waals surface area contributed by atoms with E-state index in [2.05, 4.69) is 41.5 Å². The lowest BCUT2D eigenvalue weighted by atomic mass is 9.73. The minimum atomic E-state index is -0.344. The lowest BCUT2D eigenvalue weighted by Gasteiger charge is -2.33.